The zero-order valence-corrected chi connectivity index (χ0v) is 25.1. The highest BCUT2D eigenvalue weighted by Gasteiger charge is 2.46. The Hall–Kier alpha value is -3.35. The molecular weight excluding hydrogens is 581 g/mol. The molecular formula is C31H35F3N4O4S. The van der Waals surface area contributed by atoms with E-state index in [0.29, 0.717) is 68.8 Å². The van der Waals surface area contributed by atoms with Crippen molar-refractivity contribution in [2.24, 2.45) is 4.99 Å². The van der Waals surface area contributed by atoms with Crippen LogP contribution in [0.5, 0.6) is 5.75 Å². The van der Waals surface area contributed by atoms with E-state index in [1.165, 1.54) is 24.3 Å². The maximum absolute atomic E-state index is 13.1. The molecule has 0 saturated carbocycles. The number of ether oxygens (including phenoxy) is 1. The van der Waals surface area contributed by atoms with Crippen LogP contribution < -0.4 is 10.1 Å². The number of nitrogens with zero attached hydrogens (tertiary/aromatic N) is 3. The fourth-order valence-corrected chi connectivity index (χ4v) is 6.45. The zero-order chi connectivity index (χ0) is 31.0. The third-order valence-corrected chi connectivity index (χ3v) is 9.23. The molecule has 2 amide bonds. The van der Waals surface area contributed by atoms with Crippen LogP contribution in [0.4, 0.5) is 13.2 Å². The lowest BCUT2D eigenvalue weighted by atomic mass is 9.89. The van der Waals surface area contributed by atoms with Crippen molar-refractivity contribution in [1.82, 2.24) is 14.5 Å². The summed E-state index contributed by atoms with van der Waals surface area (Å²) in [6, 6.07) is 9.12. The average molecular weight is 617 g/mol. The lowest BCUT2D eigenvalue weighted by molar-refractivity contribution is -0.274. The average Bonchev–Trinajstić information content (AvgIpc) is 3.25. The second kappa shape index (κ2) is 12.0. The molecule has 12 heteroatoms. The van der Waals surface area contributed by atoms with Gasteiger partial charge < -0.3 is 20.1 Å². The molecule has 2 aromatic rings. The number of aliphatic imine (C=N–C) groups is 1. The first kappa shape index (κ1) is 31.1. The molecule has 0 radical (unpaired) electrons. The van der Waals surface area contributed by atoms with Gasteiger partial charge in [0.15, 0.2) is 0 Å². The Balaban J connectivity index is 1.16. The van der Waals surface area contributed by atoms with Gasteiger partial charge in [0.2, 0.25) is 0 Å². The number of halogens is 3. The van der Waals surface area contributed by atoms with E-state index in [0.717, 1.165) is 16.7 Å². The van der Waals surface area contributed by atoms with Gasteiger partial charge in [-0.25, -0.2) is 4.31 Å². The molecule has 2 fully saturated rings. The van der Waals surface area contributed by atoms with E-state index >= 15 is 0 Å². The molecule has 0 atom stereocenters. The van der Waals surface area contributed by atoms with E-state index in [9.17, 15) is 27.9 Å². The van der Waals surface area contributed by atoms with Gasteiger partial charge in [0.25, 0.3) is 11.8 Å². The molecule has 2 aromatic carbocycles. The van der Waals surface area contributed by atoms with Gasteiger partial charge in [0.05, 0.1) is 5.60 Å². The van der Waals surface area contributed by atoms with Crippen molar-refractivity contribution in [3.63, 3.8) is 0 Å². The Bertz CT molecular complexity index is 1410. The number of amides is 2. The molecule has 8 nitrogen and oxygen atoms in total. The van der Waals surface area contributed by atoms with Gasteiger partial charge in [-0.1, -0.05) is 11.9 Å². The number of rotatable bonds is 6. The minimum absolute atomic E-state index is 0.0110. The van der Waals surface area contributed by atoms with Gasteiger partial charge in [-0.3, -0.25) is 14.6 Å². The van der Waals surface area contributed by atoms with Crippen LogP contribution in [-0.2, 0) is 4.79 Å². The SMILES string of the molecule is Cc1cc(C(=O)N2CCC(C)(O)CC2)cc(C)c1/C=C/SN1CCC2(CC1)N=C(c1ccc(OC(F)(F)F)cc1)NC2=O. The summed E-state index contributed by atoms with van der Waals surface area (Å²) in [6.45, 7) is 8.14. The van der Waals surface area contributed by atoms with Gasteiger partial charge in [-0.2, -0.15) is 0 Å². The molecule has 43 heavy (non-hydrogen) atoms. The predicted molar refractivity (Wildman–Crippen MR) is 160 cm³/mol. The lowest BCUT2D eigenvalue weighted by Crippen LogP contribution is -2.47. The van der Waals surface area contributed by atoms with Crippen LogP contribution in [0.25, 0.3) is 6.08 Å². The van der Waals surface area contributed by atoms with E-state index in [1.807, 2.05) is 49.3 Å². The Kier molecular flexibility index (Phi) is 8.65. The number of carbonyl (C=O) groups excluding carboxylic acids is 2. The fraction of sp³-hybridized carbons (Fsp3) is 0.452. The van der Waals surface area contributed by atoms with Crippen molar-refractivity contribution in [3.8, 4) is 5.75 Å². The molecule has 3 aliphatic rings. The monoisotopic (exact) mass is 616 g/mol. The van der Waals surface area contributed by atoms with Crippen LogP contribution in [0, 0.1) is 13.8 Å². The largest absolute Gasteiger partial charge is 0.573 e. The summed E-state index contributed by atoms with van der Waals surface area (Å²) in [4.78, 5) is 32.5. The van der Waals surface area contributed by atoms with Crippen molar-refractivity contribution in [1.29, 1.82) is 0 Å². The van der Waals surface area contributed by atoms with Gasteiger partial charge in [0.1, 0.15) is 17.1 Å². The lowest BCUT2D eigenvalue weighted by Gasteiger charge is -2.36. The number of amidine groups is 1. The number of benzene rings is 2. The summed E-state index contributed by atoms with van der Waals surface area (Å²) < 4.78 is 43.4. The van der Waals surface area contributed by atoms with E-state index in [-0.39, 0.29) is 17.6 Å². The summed E-state index contributed by atoms with van der Waals surface area (Å²) >= 11 is 1.56. The van der Waals surface area contributed by atoms with Crippen LogP contribution >= 0.6 is 11.9 Å². The summed E-state index contributed by atoms with van der Waals surface area (Å²) in [5.74, 6) is -0.195. The van der Waals surface area contributed by atoms with Gasteiger partial charge >= 0.3 is 6.36 Å². The van der Waals surface area contributed by atoms with Gasteiger partial charge in [-0.05, 0) is 111 Å². The molecule has 0 unspecified atom stereocenters. The number of carbonyl (C=O) groups is 2. The summed E-state index contributed by atoms with van der Waals surface area (Å²) in [5.41, 5.74) is 2.63. The first-order valence-electron chi connectivity index (χ1n) is 14.2. The highest BCUT2D eigenvalue weighted by Crippen LogP contribution is 2.34. The highest BCUT2D eigenvalue weighted by atomic mass is 32.2. The fourth-order valence-electron chi connectivity index (χ4n) is 5.69. The topological polar surface area (TPSA) is 94.5 Å². The quantitative estimate of drug-likeness (QED) is 0.433. The van der Waals surface area contributed by atoms with Crippen molar-refractivity contribution in [2.45, 2.75) is 64.0 Å². The smallest absolute Gasteiger partial charge is 0.406 e. The van der Waals surface area contributed by atoms with Crippen molar-refractivity contribution in [3.05, 3.63) is 69.6 Å². The maximum Gasteiger partial charge on any atom is 0.573 e. The van der Waals surface area contributed by atoms with Crippen molar-refractivity contribution in [2.75, 3.05) is 26.2 Å². The number of nitrogens with one attached hydrogen (secondary N) is 1. The Morgan fingerprint density at radius 3 is 2.23 bits per heavy atom. The van der Waals surface area contributed by atoms with E-state index in [4.69, 9.17) is 0 Å². The number of piperidine rings is 2. The van der Waals surface area contributed by atoms with Crippen molar-refractivity contribution < 1.29 is 32.6 Å². The molecule has 3 heterocycles. The Labute approximate surface area is 253 Å². The molecule has 230 valence electrons. The van der Waals surface area contributed by atoms with Crippen LogP contribution in [0.15, 0.2) is 46.8 Å². The number of hydrogen-bond acceptors (Lipinski definition) is 7. The standard InChI is InChI=1S/C31H35F3N4O4S/c1-20-18-23(27(39)37-13-9-29(3,41)10-14-37)19-21(2)25(20)8-17-43-38-15-11-30(12-16-38)28(40)35-26(36-30)22-4-6-24(7-5-22)42-31(32,33)34/h4-8,17-19,41H,9-16H2,1-3H3,(H,35,36,40)/b17-8+. The molecule has 1 spiro atoms. The van der Waals surface area contributed by atoms with Crippen LogP contribution in [0.3, 0.4) is 0 Å². The van der Waals surface area contributed by atoms with E-state index in [1.54, 1.807) is 11.9 Å². The normalized spacial score (nSPS) is 20.4. The van der Waals surface area contributed by atoms with Crippen LogP contribution in [0.2, 0.25) is 0 Å². The third kappa shape index (κ3) is 7.25. The number of aryl methyl sites for hydroxylation is 2. The number of hydrogen-bond donors (Lipinski definition) is 2. The summed E-state index contributed by atoms with van der Waals surface area (Å²) in [7, 11) is 0. The third-order valence-electron chi connectivity index (χ3n) is 8.30. The summed E-state index contributed by atoms with van der Waals surface area (Å²) in [6.07, 6.45) is -0.562. The molecule has 2 N–H and O–H groups in total. The molecule has 2 saturated heterocycles. The van der Waals surface area contributed by atoms with Crippen LogP contribution in [-0.4, -0.2) is 75.6 Å². The number of aliphatic hydroxyl groups is 1. The van der Waals surface area contributed by atoms with Crippen molar-refractivity contribution >= 4 is 35.7 Å². The van der Waals surface area contributed by atoms with Gasteiger partial charge in [-0.15, -0.1) is 13.2 Å². The van der Waals surface area contributed by atoms with Crippen LogP contribution in [0.1, 0.15) is 65.2 Å². The first-order chi connectivity index (χ1) is 20.2. The molecule has 3 aliphatic heterocycles. The predicted octanol–water partition coefficient (Wildman–Crippen LogP) is 5.22. The minimum Gasteiger partial charge on any atom is -0.406 e. The molecule has 0 aliphatic carbocycles. The molecule has 5 rings (SSSR count). The Morgan fingerprint density at radius 2 is 1.65 bits per heavy atom. The number of likely N-dealkylation sites (tertiary alicyclic amines) is 1. The molecule has 0 bridgehead atoms. The first-order valence-corrected chi connectivity index (χ1v) is 15.1. The summed E-state index contributed by atoms with van der Waals surface area (Å²) in [5, 5.41) is 15.0. The number of alkyl halides is 3. The second-order valence-electron chi connectivity index (χ2n) is 11.7. The maximum atomic E-state index is 13.1. The van der Waals surface area contributed by atoms with E-state index < -0.39 is 17.5 Å². The Morgan fingerprint density at radius 1 is 1.05 bits per heavy atom. The zero-order valence-electron chi connectivity index (χ0n) is 24.3. The second-order valence-corrected chi connectivity index (χ2v) is 12.7. The minimum atomic E-state index is -4.77. The molecule has 0 aromatic heterocycles. The van der Waals surface area contributed by atoms with E-state index in [2.05, 4.69) is 19.4 Å². The highest BCUT2D eigenvalue weighted by molar-refractivity contribution is 8.00. The van der Waals surface area contributed by atoms with Gasteiger partial charge in [0, 0.05) is 37.3 Å².